The van der Waals surface area contributed by atoms with Gasteiger partial charge in [0.1, 0.15) is 0 Å². The molecule has 4 nitrogen and oxygen atoms in total. The van der Waals surface area contributed by atoms with Gasteiger partial charge >= 0.3 is 0 Å². The Morgan fingerprint density at radius 1 is 1.24 bits per heavy atom. The van der Waals surface area contributed by atoms with Crippen LogP contribution in [0.4, 0.5) is 0 Å². The average molecular weight is 356 g/mol. The lowest BCUT2D eigenvalue weighted by Gasteiger charge is -2.25. The van der Waals surface area contributed by atoms with Gasteiger partial charge in [-0.25, -0.2) is 0 Å². The number of carbonyl (C=O) groups is 2. The van der Waals surface area contributed by atoms with E-state index in [1.165, 1.54) is 22.5 Å². The van der Waals surface area contributed by atoms with Crippen LogP contribution in [0.25, 0.3) is 0 Å². The Balaban J connectivity index is 1.56. The van der Waals surface area contributed by atoms with Crippen molar-refractivity contribution in [1.82, 2.24) is 10.6 Å². The van der Waals surface area contributed by atoms with Crippen LogP contribution in [0.2, 0.25) is 0 Å². The van der Waals surface area contributed by atoms with Crippen molar-refractivity contribution in [1.29, 1.82) is 0 Å². The molecule has 0 bridgehead atoms. The highest BCUT2D eigenvalue weighted by Crippen LogP contribution is 2.32. The second kappa shape index (κ2) is 8.30. The summed E-state index contributed by atoms with van der Waals surface area (Å²) in [6.45, 7) is 2.55. The van der Waals surface area contributed by atoms with Crippen molar-refractivity contribution in [2.75, 3.05) is 6.54 Å². The van der Waals surface area contributed by atoms with Crippen molar-refractivity contribution in [3.63, 3.8) is 0 Å². The molecule has 2 atom stereocenters. The summed E-state index contributed by atoms with van der Waals surface area (Å²) in [5, 5.41) is 9.66. The van der Waals surface area contributed by atoms with Gasteiger partial charge in [-0.2, -0.15) is 11.3 Å². The smallest absolute Gasteiger partial charge is 0.252 e. The van der Waals surface area contributed by atoms with Crippen molar-refractivity contribution in [3.8, 4) is 0 Å². The number of thiophene rings is 1. The Bertz CT molecular complexity index is 727. The average Bonchev–Trinajstić information content (AvgIpc) is 3.10. The first kappa shape index (κ1) is 17.7. The molecule has 0 fully saturated rings. The number of carbonyl (C=O) groups excluding carboxylic acids is 2. The minimum absolute atomic E-state index is 0.0147. The third-order valence-electron chi connectivity index (χ3n) is 4.80. The summed E-state index contributed by atoms with van der Waals surface area (Å²) < 4.78 is 0. The predicted molar refractivity (Wildman–Crippen MR) is 101 cm³/mol. The summed E-state index contributed by atoms with van der Waals surface area (Å²) in [5.41, 5.74) is 3.22. The zero-order chi connectivity index (χ0) is 17.6. The zero-order valence-corrected chi connectivity index (χ0v) is 15.3. The molecule has 0 saturated carbocycles. The van der Waals surface area contributed by atoms with E-state index in [4.69, 9.17) is 0 Å². The summed E-state index contributed by atoms with van der Waals surface area (Å²) in [5.74, 6) is 0.273. The lowest BCUT2D eigenvalue weighted by Crippen LogP contribution is -2.35. The summed E-state index contributed by atoms with van der Waals surface area (Å²) in [7, 11) is 0. The highest BCUT2D eigenvalue weighted by atomic mass is 32.1. The minimum Gasteiger partial charge on any atom is -0.351 e. The molecule has 1 aromatic carbocycles. The monoisotopic (exact) mass is 356 g/mol. The standard InChI is InChI=1S/C20H24N2O2S/c1-14-5-4-7-15-6-2-3-8-17(15)19(14)22-18(23)9-11-21-20(24)16-10-12-25-13-16/h2-3,6,8,10,12-14,19H,4-5,7,9,11H2,1H3,(H,21,24)(H,22,23)/t14-,19+/m0/s1. The molecule has 1 aromatic heterocycles. The highest BCUT2D eigenvalue weighted by molar-refractivity contribution is 7.08. The molecule has 2 amide bonds. The fourth-order valence-electron chi connectivity index (χ4n) is 3.40. The topological polar surface area (TPSA) is 58.2 Å². The first-order valence-corrected chi connectivity index (χ1v) is 9.77. The maximum atomic E-state index is 12.4. The summed E-state index contributed by atoms with van der Waals surface area (Å²) in [6.07, 6.45) is 3.63. The van der Waals surface area contributed by atoms with Gasteiger partial charge in [0, 0.05) is 23.9 Å². The second-order valence-electron chi connectivity index (χ2n) is 6.63. The van der Waals surface area contributed by atoms with E-state index < -0.39 is 0 Å². The molecule has 132 valence electrons. The third-order valence-corrected chi connectivity index (χ3v) is 5.49. The van der Waals surface area contributed by atoms with Crippen LogP contribution in [-0.2, 0) is 11.2 Å². The molecule has 2 aromatic rings. The molecule has 0 radical (unpaired) electrons. The maximum absolute atomic E-state index is 12.4. The fourth-order valence-corrected chi connectivity index (χ4v) is 4.04. The molecule has 1 heterocycles. The van der Waals surface area contributed by atoms with Gasteiger partial charge in [-0.1, -0.05) is 31.2 Å². The van der Waals surface area contributed by atoms with Crippen LogP contribution in [0, 0.1) is 5.92 Å². The molecule has 25 heavy (non-hydrogen) atoms. The van der Waals surface area contributed by atoms with E-state index in [1.807, 2.05) is 11.4 Å². The summed E-state index contributed by atoms with van der Waals surface area (Å²) in [6, 6.07) is 10.2. The molecule has 0 saturated heterocycles. The quantitative estimate of drug-likeness (QED) is 0.803. The van der Waals surface area contributed by atoms with Crippen molar-refractivity contribution in [3.05, 3.63) is 57.8 Å². The number of rotatable bonds is 5. The predicted octanol–water partition coefficient (Wildman–Crippen LogP) is 3.70. The number of hydrogen-bond acceptors (Lipinski definition) is 3. The Hall–Kier alpha value is -2.14. The van der Waals surface area contributed by atoms with Crippen molar-refractivity contribution >= 4 is 23.2 Å². The molecule has 0 aliphatic heterocycles. The zero-order valence-electron chi connectivity index (χ0n) is 14.5. The van der Waals surface area contributed by atoms with E-state index in [0.717, 1.165) is 19.3 Å². The van der Waals surface area contributed by atoms with Crippen LogP contribution < -0.4 is 10.6 Å². The molecule has 0 unspecified atom stereocenters. The van der Waals surface area contributed by atoms with Crippen molar-refractivity contribution < 1.29 is 9.59 Å². The highest BCUT2D eigenvalue weighted by Gasteiger charge is 2.25. The Morgan fingerprint density at radius 2 is 2.08 bits per heavy atom. The Morgan fingerprint density at radius 3 is 2.88 bits per heavy atom. The molecular weight excluding hydrogens is 332 g/mol. The molecule has 3 rings (SSSR count). The van der Waals surface area contributed by atoms with E-state index in [-0.39, 0.29) is 17.9 Å². The van der Waals surface area contributed by atoms with Crippen LogP contribution in [0.5, 0.6) is 0 Å². The minimum atomic E-state index is -0.123. The first-order chi connectivity index (χ1) is 12.1. The van der Waals surface area contributed by atoms with Gasteiger partial charge in [-0.15, -0.1) is 0 Å². The summed E-state index contributed by atoms with van der Waals surface area (Å²) >= 11 is 1.49. The number of amides is 2. The molecule has 0 spiro atoms. The van der Waals surface area contributed by atoms with Gasteiger partial charge in [0.25, 0.3) is 5.91 Å². The molecule has 5 heteroatoms. The van der Waals surface area contributed by atoms with Crippen LogP contribution in [0.1, 0.15) is 53.7 Å². The fraction of sp³-hybridized carbons (Fsp3) is 0.400. The Labute approximate surface area is 152 Å². The van der Waals surface area contributed by atoms with Crippen LogP contribution >= 0.6 is 11.3 Å². The lowest BCUT2D eigenvalue weighted by molar-refractivity contribution is -0.122. The summed E-state index contributed by atoms with van der Waals surface area (Å²) in [4.78, 5) is 24.3. The number of hydrogen-bond donors (Lipinski definition) is 2. The van der Waals surface area contributed by atoms with Gasteiger partial charge in [-0.05, 0) is 47.8 Å². The van der Waals surface area contributed by atoms with Crippen molar-refractivity contribution in [2.45, 2.75) is 38.6 Å². The first-order valence-electron chi connectivity index (χ1n) is 8.82. The van der Waals surface area contributed by atoms with Crippen molar-refractivity contribution in [2.24, 2.45) is 5.92 Å². The number of nitrogens with one attached hydrogen (secondary N) is 2. The van der Waals surface area contributed by atoms with E-state index in [2.05, 4.69) is 35.8 Å². The number of aryl methyl sites for hydroxylation is 1. The van der Waals surface area contributed by atoms with E-state index in [0.29, 0.717) is 24.4 Å². The number of fused-ring (bicyclic) bond motifs is 1. The third kappa shape index (κ3) is 4.48. The SMILES string of the molecule is C[C@H]1CCCc2ccccc2[C@@H]1NC(=O)CCNC(=O)c1ccsc1. The second-order valence-corrected chi connectivity index (χ2v) is 7.41. The molecule has 1 aliphatic rings. The van der Waals surface area contributed by atoms with Crippen LogP contribution in [0.15, 0.2) is 41.1 Å². The van der Waals surface area contributed by atoms with Gasteiger partial charge in [-0.3, -0.25) is 9.59 Å². The molecular formula is C20H24N2O2S. The number of benzene rings is 1. The van der Waals surface area contributed by atoms with Gasteiger partial charge in [0.15, 0.2) is 0 Å². The molecule has 2 N–H and O–H groups in total. The van der Waals surface area contributed by atoms with Crippen LogP contribution in [-0.4, -0.2) is 18.4 Å². The van der Waals surface area contributed by atoms with Gasteiger partial charge < -0.3 is 10.6 Å². The maximum Gasteiger partial charge on any atom is 0.252 e. The largest absolute Gasteiger partial charge is 0.351 e. The Kier molecular flexibility index (Phi) is 5.87. The van der Waals surface area contributed by atoms with Gasteiger partial charge in [0.2, 0.25) is 5.91 Å². The van der Waals surface area contributed by atoms with E-state index in [9.17, 15) is 9.59 Å². The molecule has 1 aliphatic carbocycles. The van der Waals surface area contributed by atoms with E-state index >= 15 is 0 Å². The van der Waals surface area contributed by atoms with E-state index in [1.54, 1.807) is 11.4 Å². The van der Waals surface area contributed by atoms with Gasteiger partial charge in [0.05, 0.1) is 6.04 Å². The lowest BCUT2D eigenvalue weighted by atomic mass is 9.92. The van der Waals surface area contributed by atoms with Crippen LogP contribution in [0.3, 0.4) is 0 Å². The normalized spacial score (nSPS) is 19.6.